The summed E-state index contributed by atoms with van der Waals surface area (Å²) in [6, 6.07) is 11.3. The Morgan fingerprint density at radius 3 is 2.56 bits per heavy atom. The Morgan fingerprint density at radius 1 is 1.25 bits per heavy atom. The molecule has 0 aliphatic carbocycles. The van der Waals surface area contributed by atoms with Gasteiger partial charge in [-0.1, -0.05) is 30.3 Å². The Morgan fingerprint density at radius 2 is 1.94 bits per heavy atom. The molecule has 1 aromatic rings. The SMILES string of the molecule is CNCCCN(C)C(C)Cc1ccccc1. The summed E-state index contributed by atoms with van der Waals surface area (Å²) in [7, 11) is 4.22. The number of nitrogens with zero attached hydrogens (tertiary/aromatic N) is 1. The van der Waals surface area contributed by atoms with Gasteiger partial charge >= 0.3 is 0 Å². The molecule has 1 rings (SSSR count). The monoisotopic (exact) mass is 220 g/mol. The van der Waals surface area contributed by atoms with Crippen molar-refractivity contribution in [1.29, 1.82) is 0 Å². The Labute approximate surface area is 99.7 Å². The van der Waals surface area contributed by atoms with E-state index in [0.29, 0.717) is 6.04 Å². The van der Waals surface area contributed by atoms with Crippen LogP contribution in [0.1, 0.15) is 18.9 Å². The summed E-state index contributed by atoms with van der Waals surface area (Å²) in [6.45, 7) is 4.56. The summed E-state index contributed by atoms with van der Waals surface area (Å²) >= 11 is 0. The lowest BCUT2D eigenvalue weighted by molar-refractivity contribution is 0.253. The number of hydrogen-bond donors (Lipinski definition) is 1. The van der Waals surface area contributed by atoms with Crippen molar-refractivity contribution in [3.8, 4) is 0 Å². The van der Waals surface area contributed by atoms with E-state index in [1.165, 1.54) is 12.0 Å². The first kappa shape index (κ1) is 13.2. The molecule has 16 heavy (non-hydrogen) atoms. The Bertz CT molecular complexity index is 271. The third-order valence-electron chi connectivity index (χ3n) is 3.06. The molecular formula is C14H24N2. The fourth-order valence-electron chi connectivity index (χ4n) is 1.84. The van der Waals surface area contributed by atoms with Gasteiger partial charge < -0.3 is 10.2 Å². The lowest BCUT2D eigenvalue weighted by Crippen LogP contribution is -2.32. The fraction of sp³-hybridized carbons (Fsp3) is 0.571. The van der Waals surface area contributed by atoms with Crippen LogP contribution in [0.4, 0.5) is 0 Å². The highest BCUT2D eigenvalue weighted by Gasteiger charge is 2.08. The molecule has 0 bridgehead atoms. The van der Waals surface area contributed by atoms with E-state index in [4.69, 9.17) is 0 Å². The van der Waals surface area contributed by atoms with Crippen molar-refractivity contribution in [2.24, 2.45) is 0 Å². The molecule has 1 aromatic carbocycles. The number of nitrogens with one attached hydrogen (secondary N) is 1. The molecule has 0 saturated carbocycles. The van der Waals surface area contributed by atoms with Gasteiger partial charge in [0.05, 0.1) is 0 Å². The third-order valence-corrected chi connectivity index (χ3v) is 3.06. The maximum absolute atomic E-state index is 3.19. The first-order chi connectivity index (χ1) is 7.74. The second-order valence-electron chi connectivity index (χ2n) is 4.48. The van der Waals surface area contributed by atoms with E-state index in [0.717, 1.165) is 19.5 Å². The third kappa shape index (κ3) is 4.77. The van der Waals surface area contributed by atoms with Crippen molar-refractivity contribution < 1.29 is 0 Å². The van der Waals surface area contributed by atoms with Gasteiger partial charge in [-0.3, -0.25) is 0 Å². The van der Waals surface area contributed by atoms with E-state index < -0.39 is 0 Å². The van der Waals surface area contributed by atoms with Gasteiger partial charge in [0, 0.05) is 6.04 Å². The molecule has 1 atom stereocenters. The van der Waals surface area contributed by atoms with Crippen LogP contribution in [0.2, 0.25) is 0 Å². The standard InChI is InChI=1S/C14H24N2/c1-13(16(3)11-7-10-15-2)12-14-8-5-4-6-9-14/h4-6,8-9,13,15H,7,10-12H2,1-3H3. The van der Waals surface area contributed by atoms with Gasteiger partial charge in [0.15, 0.2) is 0 Å². The van der Waals surface area contributed by atoms with E-state index in [9.17, 15) is 0 Å². The van der Waals surface area contributed by atoms with Crippen LogP contribution in [-0.2, 0) is 6.42 Å². The molecule has 1 unspecified atom stereocenters. The summed E-state index contributed by atoms with van der Waals surface area (Å²) in [5, 5.41) is 3.19. The zero-order valence-corrected chi connectivity index (χ0v) is 10.7. The van der Waals surface area contributed by atoms with Crippen LogP contribution in [0.15, 0.2) is 30.3 Å². The summed E-state index contributed by atoms with van der Waals surface area (Å²) in [4.78, 5) is 2.43. The van der Waals surface area contributed by atoms with Gasteiger partial charge in [0.25, 0.3) is 0 Å². The summed E-state index contributed by atoms with van der Waals surface area (Å²) in [5.74, 6) is 0. The molecule has 0 aromatic heterocycles. The van der Waals surface area contributed by atoms with E-state index in [1.54, 1.807) is 0 Å². The smallest absolute Gasteiger partial charge is 0.0104 e. The van der Waals surface area contributed by atoms with E-state index in [-0.39, 0.29) is 0 Å². The maximum atomic E-state index is 3.19. The van der Waals surface area contributed by atoms with Gasteiger partial charge in [-0.05, 0) is 52.5 Å². The first-order valence-corrected chi connectivity index (χ1v) is 6.13. The molecule has 2 heteroatoms. The van der Waals surface area contributed by atoms with Gasteiger partial charge in [0.1, 0.15) is 0 Å². The zero-order valence-electron chi connectivity index (χ0n) is 10.7. The number of hydrogen-bond acceptors (Lipinski definition) is 2. The zero-order chi connectivity index (χ0) is 11.8. The fourth-order valence-corrected chi connectivity index (χ4v) is 1.84. The molecule has 0 fully saturated rings. The van der Waals surface area contributed by atoms with Crippen LogP contribution in [0.3, 0.4) is 0 Å². The summed E-state index contributed by atoms with van der Waals surface area (Å²) < 4.78 is 0. The average molecular weight is 220 g/mol. The lowest BCUT2D eigenvalue weighted by Gasteiger charge is -2.24. The quantitative estimate of drug-likeness (QED) is 0.708. The van der Waals surface area contributed by atoms with E-state index in [1.807, 2.05) is 7.05 Å². The molecule has 90 valence electrons. The second-order valence-corrected chi connectivity index (χ2v) is 4.48. The van der Waals surface area contributed by atoms with E-state index in [2.05, 4.69) is 54.5 Å². The van der Waals surface area contributed by atoms with Crippen molar-refractivity contribution in [3.05, 3.63) is 35.9 Å². The minimum absolute atomic E-state index is 0.610. The Kier molecular flexibility index (Phi) is 6.12. The van der Waals surface area contributed by atoms with Gasteiger partial charge in [0.2, 0.25) is 0 Å². The second kappa shape index (κ2) is 7.42. The maximum Gasteiger partial charge on any atom is 0.0104 e. The number of rotatable bonds is 7. The Hall–Kier alpha value is -0.860. The molecule has 0 heterocycles. The molecule has 1 N–H and O–H groups in total. The summed E-state index contributed by atoms with van der Waals surface area (Å²) in [6.07, 6.45) is 2.35. The normalized spacial score (nSPS) is 13.0. The lowest BCUT2D eigenvalue weighted by atomic mass is 10.1. The highest BCUT2D eigenvalue weighted by atomic mass is 15.1. The van der Waals surface area contributed by atoms with Crippen molar-refractivity contribution in [3.63, 3.8) is 0 Å². The molecular weight excluding hydrogens is 196 g/mol. The van der Waals surface area contributed by atoms with Crippen LogP contribution in [-0.4, -0.2) is 38.1 Å². The van der Waals surface area contributed by atoms with Crippen LogP contribution in [0.5, 0.6) is 0 Å². The number of likely N-dealkylation sites (N-methyl/N-ethyl adjacent to an activating group) is 1. The molecule has 0 saturated heterocycles. The van der Waals surface area contributed by atoms with Gasteiger partial charge in [-0.25, -0.2) is 0 Å². The van der Waals surface area contributed by atoms with Crippen molar-refractivity contribution in [2.45, 2.75) is 25.8 Å². The first-order valence-electron chi connectivity index (χ1n) is 6.13. The van der Waals surface area contributed by atoms with Crippen LogP contribution in [0, 0.1) is 0 Å². The Balaban J connectivity index is 2.31. The van der Waals surface area contributed by atoms with Crippen LogP contribution < -0.4 is 5.32 Å². The molecule has 0 amide bonds. The largest absolute Gasteiger partial charge is 0.320 e. The van der Waals surface area contributed by atoms with Crippen LogP contribution >= 0.6 is 0 Å². The predicted octanol–water partition coefficient (Wildman–Crippen LogP) is 2.16. The van der Waals surface area contributed by atoms with Crippen molar-refractivity contribution in [2.75, 3.05) is 27.2 Å². The molecule has 0 spiro atoms. The van der Waals surface area contributed by atoms with Gasteiger partial charge in [-0.15, -0.1) is 0 Å². The van der Waals surface area contributed by atoms with Crippen molar-refractivity contribution >= 4 is 0 Å². The highest BCUT2D eigenvalue weighted by Crippen LogP contribution is 2.07. The number of benzene rings is 1. The topological polar surface area (TPSA) is 15.3 Å². The minimum Gasteiger partial charge on any atom is -0.320 e. The molecule has 0 aliphatic heterocycles. The summed E-state index contributed by atoms with van der Waals surface area (Å²) in [5.41, 5.74) is 1.43. The molecule has 2 nitrogen and oxygen atoms in total. The van der Waals surface area contributed by atoms with Crippen molar-refractivity contribution in [1.82, 2.24) is 10.2 Å². The van der Waals surface area contributed by atoms with Gasteiger partial charge in [-0.2, -0.15) is 0 Å². The average Bonchev–Trinajstić information content (AvgIpc) is 2.30. The molecule has 0 aliphatic rings. The highest BCUT2D eigenvalue weighted by molar-refractivity contribution is 5.15. The van der Waals surface area contributed by atoms with Crippen LogP contribution in [0.25, 0.3) is 0 Å². The van der Waals surface area contributed by atoms with E-state index >= 15 is 0 Å². The predicted molar refractivity (Wildman–Crippen MR) is 70.8 cm³/mol. The minimum atomic E-state index is 0.610. The molecule has 0 radical (unpaired) electrons.